The van der Waals surface area contributed by atoms with Crippen molar-refractivity contribution in [2.45, 2.75) is 58.4 Å². The van der Waals surface area contributed by atoms with Crippen LogP contribution in [0.5, 0.6) is 0 Å². The molecule has 1 aromatic carbocycles. The molecule has 1 aliphatic rings. The molecule has 112 valence electrons. The Kier molecular flexibility index (Phi) is 4.73. The van der Waals surface area contributed by atoms with Gasteiger partial charge in [0.05, 0.1) is 10.0 Å². The van der Waals surface area contributed by atoms with Crippen molar-refractivity contribution in [2.75, 3.05) is 0 Å². The minimum atomic E-state index is -0.0844. The van der Waals surface area contributed by atoms with Crippen LogP contribution >= 0.6 is 23.2 Å². The highest BCUT2D eigenvalue weighted by molar-refractivity contribution is 6.42. The van der Waals surface area contributed by atoms with E-state index in [0.29, 0.717) is 15.5 Å². The van der Waals surface area contributed by atoms with Crippen molar-refractivity contribution in [2.24, 2.45) is 17.1 Å². The third-order valence-electron chi connectivity index (χ3n) is 4.75. The summed E-state index contributed by atoms with van der Waals surface area (Å²) < 4.78 is 0. The Morgan fingerprint density at radius 1 is 1.15 bits per heavy atom. The summed E-state index contributed by atoms with van der Waals surface area (Å²) in [5, 5.41) is 1.23. The quantitative estimate of drug-likeness (QED) is 0.769. The molecule has 20 heavy (non-hydrogen) atoms. The summed E-state index contributed by atoms with van der Waals surface area (Å²) in [7, 11) is 0. The molecule has 2 N–H and O–H groups in total. The van der Waals surface area contributed by atoms with E-state index in [1.165, 1.54) is 18.4 Å². The molecule has 1 saturated carbocycles. The van der Waals surface area contributed by atoms with Crippen molar-refractivity contribution in [3.05, 3.63) is 33.8 Å². The maximum atomic E-state index is 6.61. The van der Waals surface area contributed by atoms with Crippen molar-refractivity contribution in [3.63, 3.8) is 0 Å². The third-order valence-corrected chi connectivity index (χ3v) is 5.49. The molecule has 3 heteroatoms. The van der Waals surface area contributed by atoms with Gasteiger partial charge in [0.2, 0.25) is 0 Å². The second-order valence-electron chi connectivity index (χ2n) is 7.43. The second-order valence-corrected chi connectivity index (χ2v) is 8.24. The average Bonchev–Trinajstić information content (AvgIpc) is 2.33. The molecule has 0 saturated heterocycles. The zero-order chi connectivity index (χ0) is 15.0. The van der Waals surface area contributed by atoms with Gasteiger partial charge in [-0.2, -0.15) is 0 Å². The Balaban J connectivity index is 2.01. The molecule has 1 aromatic rings. The molecule has 1 nitrogen and oxygen atoms in total. The lowest BCUT2D eigenvalue weighted by Gasteiger charge is -2.42. The first-order valence-electron chi connectivity index (χ1n) is 7.42. The molecule has 0 aromatic heterocycles. The van der Waals surface area contributed by atoms with Gasteiger partial charge in [0.1, 0.15) is 0 Å². The lowest BCUT2D eigenvalue weighted by atomic mass is 9.66. The first-order valence-corrected chi connectivity index (χ1v) is 8.18. The maximum absolute atomic E-state index is 6.61. The highest BCUT2D eigenvalue weighted by Gasteiger charge is 2.36. The van der Waals surface area contributed by atoms with E-state index in [0.717, 1.165) is 25.2 Å². The fourth-order valence-electron chi connectivity index (χ4n) is 3.29. The van der Waals surface area contributed by atoms with Crippen LogP contribution in [0.2, 0.25) is 10.0 Å². The van der Waals surface area contributed by atoms with Gasteiger partial charge in [0.15, 0.2) is 0 Å². The Morgan fingerprint density at radius 3 is 2.25 bits per heavy atom. The standard InChI is InChI=1S/C17H25Cl2N/c1-16(2,3)13-6-8-17(20,9-7-13)11-12-4-5-14(18)15(19)10-12/h4-5,10,13H,6-9,11,20H2,1-3H3. The maximum Gasteiger partial charge on any atom is 0.0595 e. The van der Waals surface area contributed by atoms with Crippen LogP contribution in [0.3, 0.4) is 0 Å². The molecule has 0 spiro atoms. The first kappa shape index (κ1) is 16.1. The fourth-order valence-corrected chi connectivity index (χ4v) is 3.61. The number of benzene rings is 1. The smallest absolute Gasteiger partial charge is 0.0595 e. The summed E-state index contributed by atoms with van der Waals surface area (Å²) in [6, 6.07) is 5.86. The zero-order valence-electron chi connectivity index (χ0n) is 12.7. The van der Waals surface area contributed by atoms with Crippen LogP contribution in [0.25, 0.3) is 0 Å². The molecule has 1 fully saturated rings. The van der Waals surface area contributed by atoms with E-state index in [1.54, 1.807) is 0 Å². The minimum absolute atomic E-state index is 0.0844. The molecule has 2 rings (SSSR count). The highest BCUT2D eigenvalue weighted by Crippen LogP contribution is 2.41. The van der Waals surface area contributed by atoms with Crippen LogP contribution in [0.4, 0.5) is 0 Å². The van der Waals surface area contributed by atoms with Crippen LogP contribution in [0.1, 0.15) is 52.0 Å². The van der Waals surface area contributed by atoms with E-state index in [-0.39, 0.29) is 5.54 Å². The minimum Gasteiger partial charge on any atom is -0.325 e. The SMILES string of the molecule is CC(C)(C)C1CCC(N)(Cc2ccc(Cl)c(Cl)c2)CC1. The van der Waals surface area contributed by atoms with Gasteiger partial charge in [-0.3, -0.25) is 0 Å². The monoisotopic (exact) mass is 313 g/mol. The summed E-state index contributed by atoms with van der Waals surface area (Å²) in [6.45, 7) is 7.00. The van der Waals surface area contributed by atoms with Gasteiger partial charge in [0, 0.05) is 5.54 Å². The van der Waals surface area contributed by atoms with E-state index in [9.17, 15) is 0 Å². The largest absolute Gasteiger partial charge is 0.325 e. The van der Waals surface area contributed by atoms with Gasteiger partial charge in [0.25, 0.3) is 0 Å². The van der Waals surface area contributed by atoms with E-state index in [4.69, 9.17) is 28.9 Å². The van der Waals surface area contributed by atoms with Gasteiger partial charge in [-0.1, -0.05) is 50.0 Å². The van der Waals surface area contributed by atoms with Crippen molar-refractivity contribution in [1.82, 2.24) is 0 Å². The van der Waals surface area contributed by atoms with Gasteiger partial charge in [-0.25, -0.2) is 0 Å². The predicted octanol–water partition coefficient (Wildman–Crippen LogP) is 5.47. The van der Waals surface area contributed by atoms with Gasteiger partial charge >= 0.3 is 0 Å². The summed E-state index contributed by atoms with van der Waals surface area (Å²) >= 11 is 12.1. The Bertz CT molecular complexity index is 468. The normalized spacial score (nSPS) is 27.6. The molecule has 1 aliphatic carbocycles. The molecule has 0 bridgehead atoms. The summed E-state index contributed by atoms with van der Waals surface area (Å²) in [5.41, 5.74) is 8.11. The van der Waals surface area contributed by atoms with E-state index < -0.39 is 0 Å². The van der Waals surface area contributed by atoms with E-state index in [1.807, 2.05) is 18.2 Å². The molecule has 0 heterocycles. The topological polar surface area (TPSA) is 26.0 Å². The molecule has 0 unspecified atom stereocenters. The molecular formula is C17H25Cl2N. The zero-order valence-corrected chi connectivity index (χ0v) is 14.2. The Morgan fingerprint density at radius 2 is 1.75 bits per heavy atom. The number of nitrogens with two attached hydrogens (primary N) is 1. The van der Waals surface area contributed by atoms with E-state index >= 15 is 0 Å². The van der Waals surface area contributed by atoms with Gasteiger partial charge in [-0.15, -0.1) is 0 Å². The third kappa shape index (κ3) is 3.90. The Labute approximate surface area is 132 Å². The van der Waals surface area contributed by atoms with Crippen LogP contribution in [0.15, 0.2) is 18.2 Å². The Hall–Kier alpha value is -0.240. The number of hydrogen-bond donors (Lipinski definition) is 1. The molecule has 0 aliphatic heterocycles. The molecule has 0 amide bonds. The van der Waals surface area contributed by atoms with Crippen LogP contribution in [-0.2, 0) is 6.42 Å². The molecule has 0 atom stereocenters. The van der Waals surface area contributed by atoms with Crippen LogP contribution in [-0.4, -0.2) is 5.54 Å². The summed E-state index contributed by atoms with van der Waals surface area (Å²) in [5.74, 6) is 0.785. The first-order chi connectivity index (χ1) is 9.20. The molecule has 0 radical (unpaired) electrons. The van der Waals surface area contributed by atoms with Crippen LogP contribution < -0.4 is 5.73 Å². The fraction of sp³-hybridized carbons (Fsp3) is 0.647. The summed E-state index contributed by atoms with van der Waals surface area (Å²) in [6.07, 6.45) is 5.52. The van der Waals surface area contributed by atoms with Crippen molar-refractivity contribution in [1.29, 1.82) is 0 Å². The van der Waals surface area contributed by atoms with Crippen molar-refractivity contribution >= 4 is 23.2 Å². The van der Waals surface area contributed by atoms with Crippen molar-refractivity contribution in [3.8, 4) is 0 Å². The van der Waals surface area contributed by atoms with Gasteiger partial charge in [-0.05, 0) is 61.1 Å². The van der Waals surface area contributed by atoms with Crippen molar-refractivity contribution < 1.29 is 0 Å². The average molecular weight is 314 g/mol. The van der Waals surface area contributed by atoms with E-state index in [2.05, 4.69) is 20.8 Å². The predicted molar refractivity (Wildman–Crippen MR) is 88.5 cm³/mol. The lowest BCUT2D eigenvalue weighted by molar-refractivity contribution is 0.134. The second kappa shape index (κ2) is 5.87. The molecular weight excluding hydrogens is 289 g/mol. The highest BCUT2D eigenvalue weighted by atomic mass is 35.5. The number of rotatable bonds is 2. The number of hydrogen-bond acceptors (Lipinski definition) is 1. The summed E-state index contributed by atoms with van der Waals surface area (Å²) in [4.78, 5) is 0. The lowest BCUT2D eigenvalue weighted by Crippen LogP contribution is -2.46. The van der Waals surface area contributed by atoms with Crippen LogP contribution in [0, 0.1) is 11.3 Å². The number of halogens is 2. The van der Waals surface area contributed by atoms with Gasteiger partial charge < -0.3 is 5.73 Å².